The van der Waals surface area contributed by atoms with Crippen LogP contribution in [-0.2, 0) is 4.79 Å². The molecule has 0 aliphatic rings. The lowest BCUT2D eigenvalue weighted by Gasteiger charge is -2.22. The van der Waals surface area contributed by atoms with Crippen molar-refractivity contribution in [2.45, 2.75) is 6.42 Å². The highest BCUT2D eigenvalue weighted by Gasteiger charge is 2.06. The molecule has 0 heterocycles. The van der Waals surface area contributed by atoms with E-state index in [0.29, 0.717) is 0 Å². The molecule has 0 unspecified atom stereocenters. The van der Waals surface area contributed by atoms with Crippen molar-refractivity contribution in [1.29, 1.82) is 0 Å². The maximum atomic E-state index is 10.5. The average molecular weight is 274 g/mol. The number of rotatable bonds is 12. The van der Waals surface area contributed by atoms with E-state index in [-0.39, 0.29) is 6.54 Å². The summed E-state index contributed by atoms with van der Waals surface area (Å²) in [5, 5.41) is 11.8. The Hall–Kier alpha value is -0.690. The van der Waals surface area contributed by atoms with Crippen LogP contribution in [-0.4, -0.2) is 99.8 Å². The molecule has 0 radical (unpaired) electrons. The molecule has 6 heteroatoms. The van der Waals surface area contributed by atoms with Gasteiger partial charge in [0.1, 0.15) is 0 Å². The van der Waals surface area contributed by atoms with Crippen molar-refractivity contribution < 1.29 is 9.90 Å². The van der Waals surface area contributed by atoms with Gasteiger partial charge in [0.05, 0.1) is 6.54 Å². The Morgan fingerprint density at radius 2 is 1.47 bits per heavy atom. The van der Waals surface area contributed by atoms with Gasteiger partial charge in [-0.1, -0.05) is 0 Å². The first-order valence-electron chi connectivity index (χ1n) is 6.87. The van der Waals surface area contributed by atoms with E-state index in [1.807, 2.05) is 19.0 Å². The number of hydrogen-bond acceptors (Lipinski definition) is 5. The van der Waals surface area contributed by atoms with Crippen molar-refractivity contribution in [2.24, 2.45) is 0 Å². The van der Waals surface area contributed by atoms with Crippen LogP contribution in [0.4, 0.5) is 0 Å². The lowest BCUT2D eigenvalue weighted by Crippen LogP contribution is -2.35. The van der Waals surface area contributed by atoms with Gasteiger partial charge in [-0.2, -0.15) is 0 Å². The lowest BCUT2D eigenvalue weighted by molar-refractivity contribution is -0.138. The Labute approximate surface area is 117 Å². The number of hydrogen-bond donors (Lipinski definition) is 2. The molecular formula is C13H30N4O2. The SMILES string of the molecule is CNCCN(C)CCCN(C)CCN(C)CC(=O)O. The second-order valence-electron chi connectivity index (χ2n) is 5.20. The van der Waals surface area contributed by atoms with Gasteiger partial charge in [0.25, 0.3) is 0 Å². The summed E-state index contributed by atoms with van der Waals surface area (Å²) in [6.07, 6.45) is 1.14. The highest BCUT2D eigenvalue weighted by Crippen LogP contribution is 1.92. The summed E-state index contributed by atoms with van der Waals surface area (Å²) in [5.74, 6) is -0.767. The van der Waals surface area contributed by atoms with Crippen LogP contribution in [0.2, 0.25) is 0 Å². The normalized spacial score (nSPS) is 11.7. The molecule has 0 rings (SSSR count). The molecule has 114 valence electrons. The van der Waals surface area contributed by atoms with Gasteiger partial charge >= 0.3 is 5.97 Å². The maximum Gasteiger partial charge on any atom is 0.317 e. The first-order valence-corrected chi connectivity index (χ1v) is 6.87. The minimum atomic E-state index is -0.767. The van der Waals surface area contributed by atoms with E-state index >= 15 is 0 Å². The van der Waals surface area contributed by atoms with Crippen LogP contribution in [0.1, 0.15) is 6.42 Å². The Kier molecular flexibility index (Phi) is 10.8. The number of nitrogens with one attached hydrogen (secondary N) is 1. The lowest BCUT2D eigenvalue weighted by atomic mass is 10.3. The molecule has 0 aromatic heterocycles. The highest BCUT2D eigenvalue weighted by atomic mass is 16.4. The zero-order chi connectivity index (χ0) is 14.7. The number of carboxylic acids is 1. The molecule has 0 atom stereocenters. The number of nitrogens with zero attached hydrogens (tertiary/aromatic N) is 3. The Balaban J connectivity index is 3.53. The number of aliphatic carboxylic acids is 1. The molecule has 0 saturated carbocycles. The summed E-state index contributed by atoms with van der Waals surface area (Å²) in [6, 6.07) is 0. The fraction of sp³-hybridized carbons (Fsp3) is 0.923. The van der Waals surface area contributed by atoms with Crippen molar-refractivity contribution >= 4 is 5.97 Å². The van der Waals surface area contributed by atoms with E-state index in [1.165, 1.54) is 0 Å². The standard InChI is InChI=1S/C13H30N4O2/c1-14-6-9-15(2)7-5-8-16(3)10-11-17(4)12-13(18)19/h14H,5-12H2,1-4H3,(H,18,19). The summed E-state index contributed by atoms with van der Waals surface area (Å²) >= 11 is 0. The van der Waals surface area contributed by atoms with Gasteiger partial charge in [-0.3, -0.25) is 9.69 Å². The topological polar surface area (TPSA) is 59.0 Å². The predicted molar refractivity (Wildman–Crippen MR) is 78.7 cm³/mol. The van der Waals surface area contributed by atoms with E-state index in [9.17, 15) is 4.79 Å². The minimum absolute atomic E-state index is 0.112. The van der Waals surface area contributed by atoms with Crippen LogP contribution in [0.25, 0.3) is 0 Å². The Morgan fingerprint density at radius 3 is 2.00 bits per heavy atom. The van der Waals surface area contributed by atoms with E-state index in [2.05, 4.69) is 29.2 Å². The van der Waals surface area contributed by atoms with Crippen LogP contribution in [0.3, 0.4) is 0 Å². The summed E-state index contributed by atoms with van der Waals surface area (Å²) in [5.41, 5.74) is 0. The molecule has 19 heavy (non-hydrogen) atoms. The molecule has 0 aromatic carbocycles. The van der Waals surface area contributed by atoms with Gasteiger partial charge in [-0.05, 0) is 47.7 Å². The van der Waals surface area contributed by atoms with Crippen LogP contribution in [0, 0.1) is 0 Å². The van der Waals surface area contributed by atoms with E-state index in [1.54, 1.807) is 0 Å². The smallest absolute Gasteiger partial charge is 0.317 e. The van der Waals surface area contributed by atoms with Gasteiger partial charge < -0.3 is 20.2 Å². The Bertz CT molecular complexity index is 239. The molecule has 6 nitrogen and oxygen atoms in total. The van der Waals surface area contributed by atoms with Crippen molar-refractivity contribution in [1.82, 2.24) is 20.0 Å². The van der Waals surface area contributed by atoms with Crippen LogP contribution in [0.15, 0.2) is 0 Å². The Morgan fingerprint density at radius 1 is 0.947 bits per heavy atom. The van der Waals surface area contributed by atoms with Gasteiger partial charge in [-0.25, -0.2) is 0 Å². The summed E-state index contributed by atoms with van der Waals surface area (Å²) < 4.78 is 0. The van der Waals surface area contributed by atoms with E-state index < -0.39 is 5.97 Å². The molecule has 0 aliphatic carbocycles. The zero-order valence-corrected chi connectivity index (χ0v) is 12.9. The van der Waals surface area contributed by atoms with E-state index in [0.717, 1.165) is 45.7 Å². The third-order valence-corrected chi connectivity index (χ3v) is 3.09. The number of carbonyl (C=O) groups is 1. The molecule has 0 fully saturated rings. The van der Waals surface area contributed by atoms with Gasteiger partial charge in [0, 0.05) is 26.2 Å². The molecule has 0 saturated heterocycles. The monoisotopic (exact) mass is 274 g/mol. The largest absolute Gasteiger partial charge is 0.480 e. The average Bonchev–Trinajstić information content (AvgIpc) is 2.33. The fourth-order valence-electron chi connectivity index (χ4n) is 1.79. The molecule has 0 aromatic rings. The third kappa shape index (κ3) is 12.1. The van der Waals surface area contributed by atoms with Crippen LogP contribution >= 0.6 is 0 Å². The van der Waals surface area contributed by atoms with Crippen molar-refractivity contribution in [3.8, 4) is 0 Å². The first kappa shape index (κ1) is 18.3. The summed E-state index contributed by atoms with van der Waals surface area (Å²) in [4.78, 5) is 16.9. The molecule has 0 spiro atoms. The molecule has 0 amide bonds. The fourth-order valence-corrected chi connectivity index (χ4v) is 1.79. The second-order valence-corrected chi connectivity index (χ2v) is 5.20. The highest BCUT2D eigenvalue weighted by molar-refractivity contribution is 5.68. The summed E-state index contributed by atoms with van der Waals surface area (Å²) in [7, 11) is 8.03. The maximum absolute atomic E-state index is 10.5. The third-order valence-electron chi connectivity index (χ3n) is 3.09. The quantitative estimate of drug-likeness (QED) is 0.499. The van der Waals surface area contributed by atoms with Crippen molar-refractivity contribution in [3.05, 3.63) is 0 Å². The summed E-state index contributed by atoms with van der Waals surface area (Å²) in [6.45, 7) is 6.04. The van der Waals surface area contributed by atoms with Gasteiger partial charge in [0.2, 0.25) is 0 Å². The van der Waals surface area contributed by atoms with Gasteiger partial charge in [-0.15, -0.1) is 0 Å². The van der Waals surface area contributed by atoms with Crippen LogP contribution < -0.4 is 5.32 Å². The van der Waals surface area contributed by atoms with Crippen LogP contribution in [0.5, 0.6) is 0 Å². The minimum Gasteiger partial charge on any atom is -0.480 e. The molecule has 0 bridgehead atoms. The van der Waals surface area contributed by atoms with Crippen molar-refractivity contribution in [2.75, 3.05) is 74.0 Å². The first-order chi connectivity index (χ1) is 8.95. The number of likely N-dealkylation sites (N-methyl/N-ethyl adjacent to an activating group) is 4. The molecule has 2 N–H and O–H groups in total. The molecular weight excluding hydrogens is 244 g/mol. The van der Waals surface area contributed by atoms with Crippen molar-refractivity contribution in [3.63, 3.8) is 0 Å². The molecule has 0 aliphatic heterocycles. The van der Waals surface area contributed by atoms with E-state index in [4.69, 9.17) is 5.11 Å². The zero-order valence-electron chi connectivity index (χ0n) is 12.9. The second kappa shape index (κ2) is 11.2. The predicted octanol–water partition coefficient (Wildman–Crippen LogP) is -0.524. The number of carboxylic acid groups (broad SMARTS) is 1. The van der Waals surface area contributed by atoms with Gasteiger partial charge in [0.15, 0.2) is 0 Å².